The van der Waals surface area contributed by atoms with E-state index in [1.165, 1.54) is 4.31 Å². The number of aromatic nitrogens is 1. The molecule has 9 heteroatoms. The molecule has 35 heavy (non-hydrogen) atoms. The number of pyridine rings is 1. The van der Waals surface area contributed by atoms with Crippen molar-refractivity contribution in [1.82, 2.24) is 14.2 Å². The van der Waals surface area contributed by atoms with Gasteiger partial charge in [-0.05, 0) is 56.5 Å². The molecule has 0 radical (unpaired) electrons. The van der Waals surface area contributed by atoms with Crippen molar-refractivity contribution in [3.8, 4) is 16.9 Å². The molecule has 0 bridgehead atoms. The fourth-order valence-corrected chi connectivity index (χ4v) is 6.73. The first kappa shape index (κ1) is 26.0. The van der Waals surface area contributed by atoms with Crippen molar-refractivity contribution in [2.24, 2.45) is 11.8 Å². The van der Waals surface area contributed by atoms with Crippen molar-refractivity contribution < 1.29 is 23.0 Å². The van der Waals surface area contributed by atoms with Gasteiger partial charge in [-0.15, -0.1) is 0 Å². The predicted octanol–water partition coefficient (Wildman–Crippen LogP) is 2.88. The lowest BCUT2D eigenvalue weighted by Crippen LogP contribution is -2.50. The SMILES string of the molecule is C[C@H]1CN([C@@H](C)CO)S(=O)(=O)c2ccc(-c3cccnc3)cc2O[C@H]1CN(C)CC1CCOCC1. The molecule has 8 nitrogen and oxygen atoms in total. The first-order valence-corrected chi connectivity index (χ1v) is 13.8. The molecule has 2 aromatic rings. The fourth-order valence-electron chi connectivity index (χ4n) is 4.91. The first-order valence-electron chi connectivity index (χ1n) is 12.4. The van der Waals surface area contributed by atoms with Crippen LogP contribution in [-0.2, 0) is 14.8 Å². The Morgan fingerprint density at radius 1 is 1.20 bits per heavy atom. The van der Waals surface area contributed by atoms with E-state index < -0.39 is 16.1 Å². The van der Waals surface area contributed by atoms with Crippen LogP contribution in [0.4, 0.5) is 0 Å². The summed E-state index contributed by atoms with van der Waals surface area (Å²) >= 11 is 0. The lowest BCUT2D eigenvalue weighted by Gasteiger charge is -2.38. The highest BCUT2D eigenvalue weighted by Gasteiger charge is 2.38. The molecule has 0 unspecified atom stereocenters. The summed E-state index contributed by atoms with van der Waals surface area (Å²) in [6.45, 7) is 7.05. The van der Waals surface area contributed by atoms with Gasteiger partial charge in [-0.25, -0.2) is 8.42 Å². The summed E-state index contributed by atoms with van der Waals surface area (Å²) in [6, 6.07) is 8.46. The standard InChI is InChI=1S/C26H37N3O5S/c1-19-15-29(20(2)18-30)35(31,32)26-7-6-22(23-5-4-10-27-14-23)13-24(26)34-25(19)17-28(3)16-21-8-11-33-12-9-21/h4-7,10,13-14,19-21,25,30H,8-9,11-12,15-18H2,1-3H3/t19-,20-,25-/m0/s1. The number of hydrogen-bond acceptors (Lipinski definition) is 7. The normalized spacial score (nSPS) is 24.3. The lowest BCUT2D eigenvalue weighted by atomic mass is 9.98. The number of nitrogens with zero attached hydrogens (tertiary/aromatic N) is 3. The van der Waals surface area contributed by atoms with Crippen molar-refractivity contribution in [1.29, 1.82) is 0 Å². The topological polar surface area (TPSA) is 92.2 Å². The van der Waals surface area contributed by atoms with Crippen LogP contribution in [0.2, 0.25) is 0 Å². The third-order valence-electron chi connectivity index (χ3n) is 7.06. The summed E-state index contributed by atoms with van der Waals surface area (Å²) in [6.07, 6.45) is 5.36. The number of sulfonamides is 1. The largest absolute Gasteiger partial charge is 0.487 e. The van der Waals surface area contributed by atoms with E-state index >= 15 is 0 Å². The molecule has 2 aliphatic rings. The van der Waals surface area contributed by atoms with Crippen LogP contribution in [0.1, 0.15) is 26.7 Å². The van der Waals surface area contributed by atoms with Gasteiger partial charge in [-0.1, -0.05) is 19.1 Å². The molecule has 0 saturated carbocycles. The maximum absolute atomic E-state index is 13.7. The van der Waals surface area contributed by atoms with E-state index in [0.717, 1.165) is 43.7 Å². The Hall–Kier alpha value is -2.04. The molecule has 4 rings (SSSR count). The van der Waals surface area contributed by atoms with Crippen LogP contribution in [0, 0.1) is 11.8 Å². The van der Waals surface area contributed by atoms with Crippen LogP contribution >= 0.6 is 0 Å². The second-order valence-electron chi connectivity index (χ2n) is 9.92. The average Bonchev–Trinajstić information content (AvgIpc) is 2.86. The molecule has 192 valence electrons. The van der Waals surface area contributed by atoms with Crippen LogP contribution in [0.5, 0.6) is 5.75 Å². The zero-order valence-corrected chi connectivity index (χ0v) is 21.7. The van der Waals surface area contributed by atoms with Gasteiger partial charge >= 0.3 is 0 Å². The number of hydrogen-bond donors (Lipinski definition) is 1. The number of benzene rings is 1. The van der Waals surface area contributed by atoms with E-state index in [1.54, 1.807) is 37.5 Å². The van der Waals surface area contributed by atoms with E-state index in [2.05, 4.69) is 16.9 Å². The van der Waals surface area contributed by atoms with Crippen molar-refractivity contribution in [3.63, 3.8) is 0 Å². The minimum absolute atomic E-state index is 0.0777. The summed E-state index contributed by atoms with van der Waals surface area (Å²) in [7, 11) is -1.76. The minimum Gasteiger partial charge on any atom is -0.487 e. The predicted molar refractivity (Wildman–Crippen MR) is 135 cm³/mol. The van der Waals surface area contributed by atoms with Crippen LogP contribution in [-0.4, -0.2) is 86.4 Å². The van der Waals surface area contributed by atoms with Crippen molar-refractivity contribution in [3.05, 3.63) is 42.7 Å². The highest BCUT2D eigenvalue weighted by atomic mass is 32.2. The number of aliphatic hydroxyl groups is 1. The molecule has 0 aliphatic carbocycles. The maximum atomic E-state index is 13.7. The molecule has 1 fully saturated rings. The van der Waals surface area contributed by atoms with Crippen LogP contribution < -0.4 is 4.74 Å². The van der Waals surface area contributed by atoms with Gasteiger partial charge in [-0.2, -0.15) is 4.31 Å². The number of ether oxygens (including phenoxy) is 2. The van der Waals surface area contributed by atoms with Gasteiger partial charge < -0.3 is 19.5 Å². The van der Waals surface area contributed by atoms with E-state index in [1.807, 2.05) is 19.1 Å². The van der Waals surface area contributed by atoms with Gasteiger partial charge in [0.1, 0.15) is 16.7 Å². The van der Waals surface area contributed by atoms with Crippen LogP contribution in [0.25, 0.3) is 11.1 Å². The molecule has 2 aliphatic heterocycles. The Morgan fingerprint density at radius 2 is 1.97 bits per heavy atom. The smallest absolute Gasteiger partial charge is 0.247 e. The number of likely N-dealkylation sites (N-methyl/N-ethyl adjacent to an activating group) is 1. The van der Waals surface area contributed by atoms with Gasteiger partial charge in [0.15, 0.2) is 0 Å². The molecule has 1 saturated heterocycles. The molecule has 3 heterocycles. The Bertz CT molecular complexity index is 1080. The Kier molecular flexibility index (Phi) is 8.44. The monoisotopic (exact) mass is 503 g/mol. The second kappa shape index (κ2) is 11.3. The third-order valence-corrected chi connectivity index (χ3v) is 9.08. The maximum Gasteiger partial charge on any atom is 0.247 e. The van der Waals surface area contributed by atoms with Gasteiger partial charge in [0.25, 0.3) is 0 Å². The molecule has 3 atom stereocenters. The van der Waals surface area contributed by atoms with Crippen molar-refractivity contribution in [2.75, 3.05) is 46.5 Å². The number of rotatable bonds is 7. The van der Waals surface area contributed by atoms with Crippen LogP contribution in [0.3, 0.4) is 0 Å². The van der Waals surface area contributed by atoms with Gasteiger partial charge in [0.2, 0.25) is 10.0 Å². The Morgan fingerprint density at radius 3 is 2.66 bits per heavy atom. The first-order chi connectivity index (χ1) is 16.8. The molecule has 1 N–H and O–H groups in total. The molecule has 1 aromatic heterocycles. The molecular formula is C26H37N3O5S. The van der Waals surface area contributed by atoms with E-state index in [4.69, 9.17) is 9.47 Å². The van der Waals surface area contributed by atoms with Gasteiger partial charge in [0, 0.05) is 62.8 Å². The van der Waals surface area contributed by atoms with Gasteiger partial charge in [0.05, 0.1) is 6.61 Å². The highest BCUT2D eigenvalue weighted by Crippen LogP contribution is 2.36. The highest BCUT2D eigenvalue weighted by molar-refractivity contribution is 7.89. The summed E-state index contributed by atoms with van der Waals surface area (Å²) in [4.78, 5) is 6.62. The molecule has 0 amide bonds. The Labute approximate surface area is 208 Å². The van der Waals surface area contributed by atoms with Crippen molar-refractivity contribution >= 4 is 10.0 Å². The fraction of sp³-hybridized carbons (Fsp3) is 0.577. The second-order valence-corrected chi connectivity index (χ2v) is 11.8. The molecule has 0 spiro atoms. The number of fused-ring (bicyclic) bond motifs is 1. The average molecular weight is 504 g/mol. The van der Waals surface area contributed by atoms with E-state index in [9.17, 15) is 13.5 Å². The minimum atomic E-state index is -3.86. The molecular weight excluding hydrogens is 466 g/mol. The van der Waals surface area contributed by atoms with E-state index in [-0.39, 0.29) is 30.1 Å². The third kappa shape index (κ3) is 6.03. The van der Waals surface area contributed by atoms with Crippen LogP contribution in [0.15, 0.2) is 47.6 Å². The Balaban J connectivity index is 1.67. The number of aliphatic hydroxyl groups excluding tert-OH is 1. The summed E-state index contributed by atoms with van der Waals surface area (Å²) in [5, 5.41) is 9.84. The van der Waals surface area contributed by atoms with Crippen molar-refractivity contribution in [2.45, 2.75) is 43.7 Å². The zero-order valence-electron chi connectivity index (χ0n) is 20.8. The summed E-state index contributed by atoms with van der Waals surface area (Å²) in [5.41, 5.74) is 1.73. The summed E-state index contributed by atoms with van der Waals surface area (Å²) in [5.74, 6) is 0.858. The molecule has 1 aromatic carbocycles. The summed E-state index contributed by atoms with van der Waals surface area (Å²) < 4.78 is 40.8. The zero-order chi connectivity index (χ0) is 25.0. The lowest BCUT2D eigenvalue weighted by molar-refractivity contribution is 0.0402. The van der Waals surface area contributed by atoms with E-state index in [0.29, 0.717) is 18.2 Å². The quantitative estimate of drug-likeness (QED) is 0.621. The van der Waals surface area contributed by atoms with Gasteiger partial charge in [-0.3, -0.25) is 4.98 Å².